The number of hydrogen-bond donors (Lipinski definition) is 0. The highest BCUT2D eigenvalue weighted by Gasteiger charge is 2.26. The third-order valence-electron chi connectivity index (χ3n) is 4.35. The van der Waals surface area contributed by atoms with Gasteiger partial charge in [0.2, 0.25) is 0 Å². The molecular formula is C23H22N2O2. The van der Waals surface area contributed by atoms with E-state index in [2.05, 4.69) is 0 Å². The second kappa shape index (κ2) is 8.81. The maximum atomic E-state index is 13.0. The summed E-state index contributed by atoms with van der Waals surface area (Å²) in [7, 11) is 1.62. The fraction of sp³-hybridized carbons (Fsp3) is 0.130. The minimum absolute atomic E-state index is 0.378. The monoisotopic (exact) mass is 358 g/mol. The second-order valence-corrected chi connectivity index (χ2v) is 6.33. The molecule has 0 atom stereocenters. The number of carbonyl (C=O) groups is 2. The van der Waals surface area contributed by atoms with Crippen LogP contribution in [0.25, 0.3) is 0 Å². The molecule has 0 saturated carbocycles. The van der Waals surface area contributed by atoms with Gasteiger partial charge in [-0.3, -0.25) is 9.59 Å². The van der Waals surface area contributed by atoms with Crippen LogP contribution in [0.15, 0.2) is 91.0 Å². The third-order valence-corrected chi connectivity index (χ3v) is 4.35. The zero-order chi connectivity index (χ0) is 19.1. The summed E-state index contributed by atoms with van der Waals surface area (Å²) in [5.74, 6) is -1.07. The molecule has 0 spiro atoms. The van der Waals surface area contributed by atoms with Crippen LogP contribution in [-0.2, 0) is 22.7 Å². The zero-order valence-electron chi connectivity index (χ0n) is 15.3. The van der Waals surface area contributed by atoms with Gasteiger partial charge in [0.05, 0.1) is 0 Å². The van der Waals surface area contributed by atoms with Gasteiger partial charge in [0.1, 0.15) is 0 Å². The quantitative estimate of drug-likeness (QED) is 0.650. The van der Waals surface area contributed by atoms with Gasteiger partial charge in [0, 0.05) is 25.8 Å². The first-order valence-electron chi connectivity index (χ1n) is 8.85. The van der Waals surface area contributed by atoms with Crippen molar-refractivity contribution in [2.75, 3.05) is 11.9 Å². The van der Waals surface area contributed by atoms with Crippen molar-refractivity contribution in [1.82, 2.24) is 4.90 Å². The first-order chi connectivity index (χ1) is 13.1. The van der Waals surface area contributed by atoms with E-state index in [-0.39, 0.29) is 0 Å². The molecule has 3 aromatic rings. The van der Waals surface area contributed by atoms with E-state index < -0.39 is 11.8 Å². The van der Waals surface area contributed by atoms with Gasteiger partial charge in [-0.05, 0) is 23.3 Å². The minimum atomic E-state index is -0.548. The van der Waals surface area contributed by atoms with Crippen molar-refractivity contribution in [2.45, 2.75) is 13.1 Å². The van der Waals surface area contributed by atoms with Gasteiger partial charge in [-0.1, -0.05) is 78.9 Å². The van der Waals surface area contributed by atoms with Crippen molar-refractivity contribution >= 4 is 17.5 Å². The molecule has 0 aliphatic carbocycles. The lowest BCUT2D eigenvalue weighted by molar-refractivity contribution is -0.145. The van der Waals surface area contributed by atoms with Crippen LogP contribution in [0.4, 0.5) is 5.69 Å². The molecule has 0 aliphatic heterocycles. The number of rotatable bonds is 5. The van der Waals surface area contributed by atoms with Crippen LogP contribution < -0.4 is 4.90 Å². The summed E-state index contributed by atoms with van der Waals surface area (Å²) in [6, 6.07) is 28.6. The minimum Gasteiger partial charge on any atom is -0.326 e. The van der Waals surface area contributed by atoms with Crippen molar-refractivity contribution < 1.29 is 9.59 Å². The van der Waals surface area contributed by atoms with E-state index >= 15 is 0 Å². The summed E-state index contributed by atoms with van der Waals surface area (Å²) in [4.78, 5) is 28.8. The van der Waals surface area contributed by atoms with Crippen molar-refractivity contribution in [3.63, 3.8) is 0 Å². The Labute approximate surface area is 159 Å². The van der Waals surface area contributed by atoms with Gasteiger partial charge in [-0.25, -0.2) is 0 Å². The highest BCUT2D eigenvalue weighted by Crippen LogP contribution is 2.15. The fourth-order valence-corrected chi connectivity index (χ4v) is 2.85. The standard InChI is InChI=1S/C23H22N2O2/c1-24(21-15-9-4-10-16-21)22(26)23(27)25(17-19-11-5-2-6-12-19)18-20-13-7-3-8-14-20/h2-16H,17-18H2,1H3. The van der Waals surface area contributed by atoms with Crippen LogP contribution in [-0.4, -0.2) is 23.8 Å². The molecule has 0 heterocycles. The topological polar surface area (TPSA) is 40.6 Å². The maximum Gasteiger partial charge on any atom is 0.316 e. The Balaban J connectivity index is 1.82. The number of amides is 2. The summed E-state index contributed by atoms with van der Waals surface area (Å²) in [6.07, 6.45) is 0. The Bertz CT molecular complexity index is 839. The molecule has 0 fully saturated rings. The summed E-state index contributed by atoms with van der Waals surface area (Å²) in [5.41, 5.74) is 2.66. The number of anilines is 1. The van der Waals surface area contributed by atoms with Crippen LogP contribution >= 0.6 is 0 Å². The van der Waals surface area contributed by atoms with E-state index in [1.165, 1.54) is 4.90 Å². The van der Waals surface area contributed by atoms with Crippen molar-refractivity contribution in [1.29, 1.82) is 0 Å². The van der Waals surface area contributed by atoms with Gasteiger partial charge in [-0.2, -0.15) is 0 Å². The number of para-hydroxylation sites is 1. The molecule has 0 N–H and O–H groups in total. The molecule has 27 heavy (non-hydrogen) atoms. The van der Waals surface area contributed by atoms with E-state index in [0.29, 0.717) is 18.8 Å². The van der Waals surface area contributed by atoms with E-state index in [0.717, 1.165) is 11.1 Å². The first-order valence-corrected chi connectivity index (χ1v) is 8.85. The highest BCUT2D eigenvalue weighted by atomic mass is 16.2. The molecule has 136 valence electrons. The molecule has 4 nitrogen and oxygen atoms in total. The average Bonchev–Trinajstić information content (AvgIpc) is 2.74. The van der Waals surface area contributed by atoms with Crippen LogP contribution in [0.5, 0.6) is 0 Å². The van der Waals surface area contributed by atoms with E-state index in [1.807, 2.05) is 91.0 Å². The Morgan fingerprint density at radius 1 is 0.630 bits per heavy atom. The molecule has 0 radical (unpaired) electrons. The van der Waals surface area contributed by atoms with Gasteiger partial charge in [0.25, 0.3) is 0 Å². The van der Waals surface area contributed by atoms with Crippen LogP contribution in [0.2, 0.25) is 0 Å². The number of hydrogen-bond acceptors (Lipinski definition) is 2. The summed E-state index contributed by atoms with van der Waals surface area (Å²) >= 11 is 0. The largest absolute Gasteiger partial charge is 0.326 e. The number of nitrogens with zero attached hydrogens (tertiary/aromatic N) is 2. The van der Waals surface area contributed by atoms with E-state index in [1.54, 1.807) is 11.9 Å². The van der Waals surface area contributed by atoms with Gasteiger partial charge in [0.15, 0.2) is 0 Å². The molecule has 0 aliphatic rings. The molecule has 4 heteroatoms. The van der Waals surface area contributed by atoms with Crippen LogP contribution in [0.1, 0.15) is 11.1 Å². The number of carbonyl (C=O) groups excluding carboxylic acids is 2. The number of likely N-dealkylation sites (N-methyl/N-ethyl adjacent to an activating group) is 1. The van der Waals surface area contributed by atoms with E-state index in [9.17, 15) is 9.59 Å². The molecule has 0 unspecified atom stereocenters. The number of benzene rings is 3. The third kappa shape index (κ3) is 4.82. The molecule has 0 bridgehead atoms. The Kier molecular flexibility index (Phi) is 6.00. The zero-order valence-corrected chi connectivity index (χ0v) is 15.3. The molecular weight excluding hydrogens is 336 g/mol. The normalized spacial score (nSPS) is 10.3. The fourth-order valence-electron chi connectivity index (χ4n) is 2.85. The molecule has 0 aromatic heterocycles. The van der Waals surface area contributed by atoms with E-state index in [4.69, 9.17) is 0 Å². The SMILES string of the molecule is CN(C(=O)C(=O)N(Cc1ccccc1)Cc1ccccc1)c1ccccc1. The molecule has 3 aromatic carbocycles. The predicted molar refractivity (Wildman–Crippen MR) is 107 cm³/mol. The van der Waals surface area contributed by atoms with Crippen molar-refractivity contribution in [2.24, 2.45) is 0 Å². The predicted octanol–water partition coefficient (Wildman–Crippen LogP) is 3.88. The molecule has 3 rings (SSSR count). The lowest BCUT2D eigenvalue weighted by Gasteiger charge is -2.25. The van der Waals surface area contributed by atoms with Gasteiger partial charge >= 0.3 is 11.8 Å². The van der Waals surface area contributed by atoms with Gasteiger partial charge in [-0.15, -0.1) is 0 Å². The average molecular weight is 358 g/mol. The van der Waals surface area contributed by atoms with Gasteiger partial charge < -0.3 is 9.80 Å². The summed E-state index contributed by atoms with van der Waals surface area (Å²) in [6.45, 7) is 0.756. The second-order valence-electron chi connectivity index (χ2n) is 6.33. The Morgan fingerprint density at radius 2 is 1.04 bits per heavy atom. The summed E-state index contributed by atoms with van der Waals surface area (Å²) < 4.78 is 0. The van der Waals surface area contributed by atoms with Crippen molar-refractivity contribution in [3.8, 4) is 0 Å². The smallest absolute Gasteiger partial charge is 0.316 e. The van der Waals surface area contributed by atoms with Crippen molar-refractivity contribution in [3.05, 3.63) is 102 Å². The lowest BCUT2D eigenvalue weighted by atomic mass is 10.1. The first kappa shape index (κ1) is 18.4. The Hall–Kier alpha value is -3.40. The van der Waals surface area contributed by atoms with Crippen LogP contribution in [0, 0.1) is 0 Å². The highest BCUT2D eigenvalue weighted by molar-refractivity contribution is 6.40. The molecule has 2 amide bonds. The lowest BCUT2D eigenvalue weighted by Crippen LogP contribution is -2.43. The molecule has 0 saturated heterocycles. The van der Waals surface area contributed by atoms with Crippen LogP contribution in [0.3, 0.4) is 0 Å². The Morgan fingerprint density at radius 3 is 1.48 bits per heavy atom. The maximum absolute atomic E-state index is 13.0. The summed E-state index contributed by atoms with van der Waals surface area (Å²) in [5, 5.41) is 0.